The summed E-state index contributed by atoms with van der Waals surface area (Å²) in [5.74, 6) is 2.16. The van der Waals surface area contributed by atoms with Gasteiger partial charge in [0.15, 0.2) is 0 Å². The molecule has 0 saturated carbocycles. The van der Waals surface area contributed by atoms with Gasteiger partial charge in [-0.2, -0.15) is 0 Å². The fourth-order valence-electron chi connectivity index (χ4n) is 3.77. The SMILES string of the molecule is COc1cccc(-n2ccnc2N2CCN(CC(=O)Nc3cc(Cl)ccc3OC)CC2)c1. The summed E-state index contributed by atoms with van der Waals surface area (Å²) in [4.78, 5) is 21.5. The smallest absolute Gasteiger partial charge is 0.238 e. The molecule has 9 heteroatoms. The van der Waals surface area contributed by atoms with Crippen molar-refractivity contribution < 1.29 is 14.3 Å². The maximum absolute atomic E-state index is 12.6. The lowest BCUT2D eigenvalue weighted by Crippen LogP contribution is -2.49. The minimum absolute atomic E-state index is 0.100. The van der Waals surface area contributed by atoms with E-state index in [0.29, 0.717) is 23.0 Å². The van der Waals surface area contributed by atoms with Crippen LogP contribution in [-0.2, 0) is 4.79 Å². The number of benzene rings is 2. The third kappa shape index (κ3) is 4.98. The molecule has 168 valence electrons. The molecule has 8 nitrogen and oxygen atoms in total. The fraction of sp³-hybridized carbons (Fsp3) is 0.304. The number of anilines is 2. The van der Waals surface area contributed by atoms with Gasteiger partial charge in [0.05, 0.1) is 32.1 Å². The number of rotatable bonds is 7. The molecule has 32 heavy (non-hydrogen) atoms. The molecule has 0 unspecified atom stereocenters. The van der Waals surface area contributed by atoms with E-state index >= 15 is 0 Å². The number of nitrogens with one attached hydrogen (secondary N) is 1. The second kappa shape index (κ2) is 9.93. The number of carbonyl (C=O) groups excluding carboxylic acids is 1. The van der Waals surface area contributed by atoms with Crippen molar-refractivity contribution in [3.63, 3.8) is 0 Å². The van der Waals surface area contributed by atoms with Gasteiger partial charge < -0.3 is 19.7 Å². The molecule has 0 spiro atoms. The zero-order valence-electron chi connectivity index (χ0n) is 18.1. The number of halogens is 1. The van der Waals surface area contributed by atoms with E-state index in [1.165, 1.54) is 0 Å². The average Bonchev–Trinajstić information content (AvgIpc) is 3.30. The molecule has 1 aliphatic rings. The van der Waals surface area contributed by atoms with E-state index < -0.39 is 0 Å². The number of ether oxygens (including phenoxy) is 2. The molecule has 0 bridgehead atoms. The van der Waals surface area contributed by atoms with E-state index in [-0.39, 0.29) is 5.91 Å². The van der Waals surface area contributed by atoms with Crippen molar-refractivity contribution in [1.29, 1.82) is 0 Å². The Hall–Kier alpha value is -3.23. The first-order valence-corrected chi connectivity index (χ1v) is 10.7. The number of aromatic nitrogens is 2. The molecule has 1 saturated heterocycles. The van der Waals surface area contributed by atoms with E-state index in [4.69, 9.17) is 21.1 Å². The number of amides is 1. The highest BCUT2D eigenvalue weighted by molar-refractivity contribution is 6.31. The van der Waals surface area contributed by atoms with E-state index in [1.807, 2.05) is 30.5 Å². The number of hydrogen-bond donors (Lipinski definition) is 1. The van der Waals surface area contributed by atoms with Gasteiger partial charge in [0.2, 0.25) is 11.9 Å². The number of methoxy groups -OCH3 is 2. The Balaban J connectivity index is 1.36. The monoisotopic (exact) mass is 455 g/mol. The first-order chi connectivity index (χ1) is 15.6. The largest absolute Gasteiger partial charge is 0.497 e. The van der Waals surface area contributed by atoms with Crippen LogP contribution in [0.1, 0.15) is 0 Å². The van der Waals surface area contributed by atoms with Gasteiger partial charge in [-0.15, -0.1) is 0 Å². The van der Waals surface area contributed by atoms with Crippen molar-refractivity contribution in [2.75, 3.05) is 57.2 Å². The maximum Gasteiger partial charge on any atom is 0.238 e. The van der Waals surface area contributed by atoms with E-state index in [1.54, 1.807) is 38.6 Å². The zero-order chi connectivity index (χ0) is 22.5. The van der Waals surface area contributed by atoms with Crippen molar-refractivity contribution in [1.82, 2.24) is 14.5 Å². The molecule has 4 rings (SSSR count). The Morgan fingerprint density at radius 3 is 2.66 bits per heavy atom. The van der Waals surface area contributed by atoms with Gasteiger partial charge >= 0.3 is 0 Å². The number of nitrogens with zero attached hydrogens (tertiary/aromatic N) is 4. The van der Waals surface area contributed by atoms with Gasteiger partial charge in [0.25, 0.3) is 0 Å². The van der Waals surface area contributed by atoms with Crippen molar-refractivity contribution in [3.05, 3.63) is 59.9 Å². The van der Waals surface area contributed by atoms with Crippen LogP contribution >= 0.6 is 11.6 Å². The molecule has 3 aromatic rings. The van der Waals surface area contributed by atoms with Gasteiger partial charge in [-0.05, 0) is 30.3 Å². The van der Waals surface area contributed by atoms with Crippen molar-refractivity contribution in [2.45, 2.75) is 0 Å². The molecule has 1 N–H and O–H groups in total. The Morgan fingerprint density at radius 1 is 1.09 bits per heavy atom. The number of piperazine rings is 1. The summed E-state index contributed by atoms with van der Waals surface area (Å²) in [7, 11) is 3.22. The van der Waals surface area contributed by atoms with Crippen LogP contribution in [0.25, 0.3) is 5.69 Å². The van der Waals surface area contributed by atoms with E-state index in [9.17, 15) is 4.79 Å². The van der Waals surface area contributed by atoms with Crippen LogP contribution in [0.5, 0.6) is 11.5 Å². The van der Waals surface area contributed by atoms with Gasteiger partial charge in [-0.25, -0.2) is 4.98 Å². The fourth-order valence-corrected chi connectivity index (χ4v) is 3.94. The summed E-state index contributed by atoms with van der Waals surface area (Å²) < 4.78 is 12.7. The lowest BCUT2D eigenvalue weighted by Gasteiger charge is -2.35. The van der Waals surface area contributed by atoms with Gasteiger partial charge in [-0.3, -0.25) is 14.3 Å². The molecule has 2 aromatic carbocycles. The normalized spacial score (nSPS) is 14.3. The second-order valence-electron chi connectivity index (χ2n) is 7.45. The Kier molecular flexibility index (Phi) is 6.82. The summed E-state index contributed by atoms with van der Waals surface area (Å²) in [5, 5.41) is 3.44. The van der Waals surface area contributed by atoms with Crippen molar-refractivity contribution >= 4 is 29.1 Å². The van der Waals surface area contributed by atoms with Gasteiger partial charge in [-0.1, -0.05) is 17.7 Å². The molecule has 0 radical (unpaired) electrons. The predicted octanol–water partition coefficient (Wildman–Crippen LogP) is 3.30. The molecule has 2 heterocycles. The molecule has 1 aliphatic heterocycles. The van der Waals surface area contributed by atoms with Crippen LogP contribution in [0.15, 0.2) is 54.9 Å². The summed E-state index contributed by atoms with van der Waals surface area (Å²) in [6, 6.07) is 13.0. The highest BCUT2D eigenvalue weighted by Crippen LogP contribution is 2.28. The van der Waals surface area contributed by atoms with Crippen LogP contribution in [0.2, 0.25) is 5.02 Å². The van der Waals surface area contributed by atoms with Crippen LogP contribution in [0.4, 0.5) is 11.6 Å². The number of imidazole rings is 1. The second-order valence-corrected chi connectivity index (χ2v) is 7.89. The third-order valence-electron chi connectivity index (χ3n) is 5.41. The molecule has 1 fully saturated rings. The van der Waals surface area contributed by atoms with Crippen molar-refractivity contribution in [2.24, 2.45) is 0 Å². The molecule has 1 amide bonds. The van der Waals surface area contributed by atoms with Gasteiger partial charge in [0.1, 0.15) is 11.5 Å². The Labute approximate surface area is 192 Å². The molecular formula is C23H26ClN5O3. The van der Waals surface area contributed by atoms with Crippen LogP contribution in [0.3, 0.4) is 0 Å². The standard InChI is InChI=1S/C23H26ClN5O3/c1-31-19-5-3-4-18(15-19)29-9-8-25-23(29)28-12-10-27(11-13-28)16-22(30)26-20-14-17(24)6-7-21(20)32-2/h3-9,14-15H,10-13,16H2,1-2H3,(H,26,30). The molecule has 1 aromatic heterocycles. The third-order valence-corrected chi connectivity index (χ3v) is 5.65. The van der Waals surface area contributed by atoms with Gasteiger partial charge in [0, 0.05) is 49.7 Å². The minimum Gasteiger partial charge on any atom is -0.497 e. The van der Waals surface area contributed by atoms with Crippen LogP contribution in [0, 0.1) is 0 Å². The predicted molar refractivity (Wildman–Crippen MR) is 125 cm³/mol. The van der Waals surface area contributed by atoms with Crippen molar-refractivity contribution in [3.8, 4) is 17.2 Å². The lowest BCUT2D eigenvalue weighted by atomic mass is 10.2. The Bertz CT molecular complexity index is 1080. The maximum atomic E-state index is 12.6. The summed E-state index contributed by atoms with van der Waals surface area (Å²) in [5.41, 5.74) is 1.57. The molecular weight excluding hydrogens is 430 g/mol. The zero-order valence-corrected chi connectivity index (χ0v) is 18.9. The molecule has 0 atom stereocenters. The quantitative estimate of drug-likeness (QED) is 0.589. The number of carbonyl (C=O) groups is 1. The van der Waals surface area contributed by atoms with Crippen LogP contribution in [-0.4, -0.2) is 67.3 Å². The summed E-state index contributed by atoms with van der Waals surface area (Å²) in [6.45, 7) is 3.35. The lowest BCUT2D eigenvalue weighted by molar-refractivity contribution is -0.117. The van der Waals surface area contributed by atoms with E-state index in [0.717, 1.165) is 43.6 Å². The summed E-state index contributed by atoms with van der Waals surface area (Å²) in [6.07, 6.45) is 3.75. The Morgan fingerprint density at radius 2 is 1.91 bits per heavy atom. The topological polar surface area (TPSA) is 71.9 Å². The first-order valence-electron chi connectivity index (χ1n) is 10.4. The highest BCUT2D eigenvalue weighted by atomic mass is 35.5. The molecule has 0 aliphatic carbocycles. The summed E-state index contributed by atoms with van der Waals surface area (Å²) >= 11 is 6.05. The van der Waals surface area contributed by atoms with E-state index in [2.05, 4.69) is 24.7 Å². The minimum atomic E-state index is -0.100. The van der Waals surface area contributed by atoms with Crippen LogP contribution < -0.4 is 19.7 Å². The first kappa shape index (κ1) is 22.0. The average molecular weight is 456 g/mol. The highest BCUT2D eigenvalue weighted by Gasteiger charge is 2.22. The number of hydrogen-bond acceptors (Lipinski definition) is 6.